The lowest BCUT2D eigenvalue weighted by molar-refractivity contribution is 0.388. The van der Waals surface area contributed by atoms with E-state index in [9.17, 15) is 8.78 Å². The van der Waals surface area contributed by atoms with Crippen molar-refractivity contribution in [3.63, 3.8) is 0 Å². The van der Waals surface area contributed by atoms with Crippen LogP contribution in [0.25, 0.3) is 0 Å². The summed E-state index contributed by atoms with van der Waals surface area (Å²) >= 11 is 5.53. The van der Waals surface area contributed by atoms with E-state index < -0.39 is 11.6 Å². The third-order valence-electron chi connectivity index (χ3n) is 4.65. The Morgan fingerprint density at radius 1 is 1.07 bits per heavy atom. The van der Waals surface area contributed by atoms with Crippen LogP contribution in [0.3, 0.4) is 0 Å². The number of nitrogens with zero attached hydrogens (tertiary/aromatic N) is 3. The molecule has 0 radical (unpaired) electrons. The second-order valence-corrected chi connectivity index (χ2v) is 6.87. The molecule has 1 aliphatic heterocycles. The molecule has 1 saturated heterocycles. The van der Waals surface area contributed by atoms with Crippen LogP contribution in [-0.4, -0.2) is 48.3 Å². The predicted octanol–water partition coefficient (Wildman–Crippen LogP) is 3.50. The van der Waals surface area contributed by atoms with E-state index in [-0.39, 0.29) is 0 Å². The molecule has 0 bridgehead atoms. The lowest BCUT2D eigenvalue weighted by atomic mass is 10.2. The Kier molecular flexibility index (Phi) is 5.74. The summed E-state index contributed by atoms with van der Waals surface area (Å²) in [7, 11) is 1.57. The minimum atomic E-state index is -0.570. The second-order valence-electron chi connectivity index (χ2n) is 6.48. The zero-order valence-electron chi connectivity index (χ0n) is 15.6. The number of methoxy groups -OCH3 is 1. The summed E-state index contributed by atoms with van der Waals surface area (Å²) in [6, 6.07) is 5.53. The van der Waals surface area contributed by atoms with Gasteiger partial charge in [-0.25, -0.2) is 13.8 Å². The van der Waals surface area contributed by atoms with Crippen molar-refractivity contribution in [2.24, 2.45) is 0 Å². The summed E-state index contributed by atoms with van der Waals surface area (Å²) in [5.74, 6) is -0.646. The summed E-state index contributed by atoms with van der Waals surface area (Å²) in [5.41, 5.74) is 3.21. The monoisotopic (exact) mass is 392 g/mol. The van der Waals surface area contributed by atoms with Crippen molar-refractivity contribution in [1.82, 2.24) is 9.88 Å². The number of nitrogens with one attached hydrogen (secondary N) is 1. The molecule has 0 spiro atoms. The van der Waals surface area contributed by atoms with Gasteiger partial charge in [-0.3, -0.25) is 0 Å². The lowest BCUT2D eigenvalue weighted by Crippen LogP contribution is -2.50. The van der Waals surface area contributed by atoms with E-state index in [0.29, 0.717) is 42.9 Å². The van der Waals surface area contributed by atoms with E-state index in [1.54, 1.807) is 7.11 Å². The number of pyridine rings is 1. The first-order chi connectivity index (χ1) is 12.9. The number of hydrogen-bond acceptors (Lipinski definition) is 4. The highest BCUT2D eigenvalue weighted by Crippen LogP contribution is 2.25. The molecule has 1 aliphatic rings. The Labute approximate surface area is 162 Å². The highest BCUT2D eigenvalue weighted by molar-refractivity contribution is 7.80. The molecule has 0 aliphatic carbocycles. The summed E-state index contributed by atoms with van der Waals surface area (Å²) in [6.07, 6.45) is 0. The molecule has 0 amide bonds. The molecule has 8 heteroatoms. The van der Waals surface area contributed by atoms with Gasteiger partial charge < -0.3 is 19.9 Å². The highest BCUT2D eigenvalue weighted by atomic mass is 32.1. The van der Waals surface area contributed by atoms with E-state index >= 15 is 0 Å². The van der Waals surface area contributed by atoms with Gasteiger partial charge >= 0.3 is 0 Å². The minimum Gasteiger partial charge on any atom is -0.480 e. The van der Waals surface area contributed by atoms with Crippen LogP contribution in [0.2, 0.25) is 0 Å². The highest BCUT2D eigenvalue weighted by Gasteiger charge is 2.21. The van der Waals surface area contributed by atoms with Gasteiger partial charge in [-0.2, -0.15) is 0 Å². The molecule has 1 N–H and O–H groups in total. The number of thiocarbonyl (C=S) groups is 1. The molecule has 0 unspecified atom stereocenters. The maximum absolute atomic E-state index is 13.4. The molecule has 0 saturated carbocycles. The van der Waals surface area contributed by atoms with Gasteiger partial charge in [0.15, 0.2) is 5.11 Å². The number of hydrogen-bond donors (Lipinski definition) is 1. The fourth-order valence-corrected chi connectivity index (χ4v) is 3.30. The van der Waals surface area contributed by atoms with Crippen LogP contribution in [-0.2, 0) is 0 Å². The standard InChI is InChI=1S/C19H22F2N4OS/c1-12-8-17(18(26-3)22-13(12)2)23-19(27)25-6-4-24(5-7-25)16-10-14(20)9-15(21)11-16/h8-11H,4-7H2,1-3H3,(H,23,27). The maximum Gasteiger partial charge on any atom is 0.237 e. The Bertz CT molecular complexity index is 834. The number of aryl methyl sites for hydroxylation is 2. The quantitative estimate of drug-likeness (QED) is 0.807. The molecule has 2 heterocycles. The Balaban J connectivity index is 1.64. The van der Waals surface area contributed by atoms with Crippen LogP contribution in [0.5, 0.6) is 5.88 Å². The summed E-state index contributed by atoms with van der Waals surface area (Å²) < 4.78 is 32.2. The van der Waals surface area contributed by atoms with Crippen molar-refractivity contribution >= 4 is 28.7 Å². The SMILES string of the molecule is COc1nc(C)c(C)cc1NC(=S)N1CCN(c2cc(F)cc(F)c2)CC1. The number of ether oxygens (including phenoxy) is 1. The van der Waals surface area contributed by atoms with Crippen molar-refractivity contribution in [2.45, 2.75) is 13.8 Å². The van der Waals surface area contributed by atoms with E-state index in [1.165, 1.54) is 12.1 Å². The van der Waals surface area contributed by atoms with Gasteiger partial charge in [0, 0.05) is 43.6 Å². The van der Waals surface area contributed by atoms with Gasteiger partial charge in [-0.1, -0.05) is 0 Å². The number of aromatic nitrogens is 1. The molecule has 3 rings (SSSR count). The first kappa shape index (κ1) is 19.3. The zero-order valence-corrected chi connectivity index (χ0v) is 16.4. The topological polar surface area (TPSA) is 40.6 Å². The van der Waals surface area contributed by atoms with Crippen LogP contribution in [0.15, 0.2) is 24.3 Å². The first-order valence-corrected chi connectivity index (χ1v) is 9.07. The number of benzene rings is 1. The Hall–Kier alpha value is -2.48. The molecule has 144 valence electrons. The van der Waals surface area contributed by atoms with Crippen molar-refractivity contribution < 1.29 is 13.5 Å². The number of piperazine rings is 1. The molecule has 5 nitrogen and oxygen atoms in total. The Morgan fingerprint density at radius 2 is 1.70 bits per heavy atom. The fraction of sp³-hybridized carbons (Fsp3) is 0.368. The first-order valence-electron chi connectivity index (χ1n) is 8.66. The molecule has 1 aromatic heterocycles. The van der Waals surface area contributed by atoms with Crippen LogP contribution in [0, 0.1) is 25.5 Å². The van der Waals surface area contributed by atoms with E-state index in [4.69, 9.17) is 17.0 Å². The van der Waals surface area contributed by atoms with Crippen molar-refractivity contribution in [1.29, 1.82) is 0 Å². The van der Waals surface area contributed by atoms with Gasteiger partial charge in [0.2, 0.25) is 5.88 Å². The van der Waals surface area contributed by atoms with Crippen LogP contribution >= 0.6 is 12.2 Å². The van der Waals surface area contributed by atoms with Crippen LogP contribution in [0.1, 0.15) is 11.3 Å². The van der Waals surface area contributed by atoms with Gasteiger partial charge in [-0.15, -0.1) is 0 Å². The predicted molar refractivity (Wildman–Crippen MR) is 107 cm³/mol. The second kappa shape index (κ2) is 8.04. The molecular weight excluding hydrogens is 370 g/mol. The maximum atomic E-state index is 13.4. The average molecular weight is 392 g/mol. The minimum absolute atomic E-state index is 0.495. The van der Waals surface area contributed by atoms with Crippen molar-refractivity contribution in [3.8, 4) is 5.88 Å². The summed E-state index contributed by atoms with van der Waals surface area (Å²) in [6.45, 7) is 6.43. The van der Waals surface area contributed by atoms with Gasteiger partial charge in [0.25, 0.3) is 0 Å². The van der Waals surface area contributed by atoms with Crippen LogP contribution in [0.4, 0.5) is 20.2 Å². The smallest absolute Gasteiger partial charge is 0.237 e. The lowest BCUT2D eigenvalue weighted by Gasteiger charge is -2.37. The molecule has 1 fully saturated rings. The largest absolute Gasteiger partial charge is 0.480 e. The Morgan fingerprint density at radius 3 is 2.30 bits per heavy atom. The third-order valence-corrected chi connectivity index (χ3v) is 5.01. The number of halogens is 2. The van der Waals surface area contributed by atoms with Crippen molar-refractivity contribution in [2.75, 3.05) is 43.5 Å². The van der Waals surface area contributed by atoms with E-state index in [2.05, 4.69) is 10.3 Å². The average Bonchev–Trinajstić information content (AvgIpc) is 2.63. The fourth-order valence-electron chi connectivity index (χ4n) is 3.01. The van der Waals surface area contributed by atoms with E-state index in [1.807, 2.05) is 29.7 Å². The van der Waals surface area contributed by atoms with Crippen LogP contribution < -0.4 is 15.0 Å². The van der Waals surface area contributed by atoms with Gasteiger partial charge in [0.1, 0.15) is 17.3 Å². The van der Waals surface area contributed by atoms with Gasteiger partial charge in [0.05, 0.1) is 7.11 Å². The van der Waals surface area contributed by atoms with Gasteiger partial charge in [-0.05, 0) is 49.8 Å². The molecule has 0 atom stereocenters. The molecular formula is C19H22F2N4OS. The summed E-state index contributed by atoms with van der Waals surface area (Å²) in [5, 5.41) is 3.78. The third kappa shape index (κ3) is 4.44. The zero-order chi connectivity index (χ0) is 19.6. The molecule has 1 aromatic carbocycles. The summed E-state index contributed by atoms with van der Waals surface area (Å²) in [4.78, 5) is 8.39. The number of rotatable bonds is 3. The molecule has 27 heavy (non-hydrogen) atoms. The normalized spacial score (nSPS) is 14.3. The molecule has 2 aromatic rings. The van der Waals surface area contributed by atoms with E-state index in [0.717, 1.165) is 23.0 Å². The number of anilines is 2. The van der Waals surface area contributed by atoms with Crippen molar-refractivity contribution in [3.05, 3.63) is 47.2 Å².